The molecule has 0 saturated carbocycles. The van der Waals surface area contributed by atoms with Crippen LogP contribution in [-0.2, 0) is 6.18 Å². The summed E-state index contributed by atoms with van der Waals surface area (Å²) in [5, 5.41) is 15.2. The average Bonchev–Trinajstić information content (AvgIpc) is 2.85. The number of H-pyrrole nitrogens is 1. The van der Waals surface area contributed by atoms with Crippen molar-refractivity contribution in [2.24, 2.45) is 0 Å². The van der Waals surface area contributed by atoms with Gasteiger partial charge in [0.2, 0.25) is 0 Å². The zero-order valence-electron chi connectivity index (χ0n) is 7.95. The second-order valence-corrected chi connectivity index (χ2v) is 3.87. The van der Waals surface area contributed by atoms with E-state index in [2.05, 4.69) is 10.1 Å². The molecule has 0 aromatic carbocycles. The molecular formula is C8H4F3N3O2S. The largest absolute Gasteiger partial charge is 0.476 e. The number of nitrogens with one attached hydrogen (secondary N) is 1. The van der Waals surface area contributed by atoms with Crippen LogP contribution in [0.5, 0.6) is 0 Å². The van der Waals surface area contributed by atoms with Crippen LogP contribution >= 0.6 is 11.3 Å². The Morgan fingerprint density at radius 3 is 2.65 bits per heavy atom. The van der Waals surface area contributed by atoms with Crippen molar-refractivity contribution in [3.05, 3.63) is 22.8 Å². The molecule has 90 valence electrons. The molecule has 2 N–H and O–H groups in total. The number of carboxylic acid groups (broad SMARTS) is 1. The topological polar surface area (TPSA) is 78.9 Å². The fourth-order valence-electron chi connectivity index (χ4n) is 1.07. The van der Waals surface area contributed by atoms with Crippen LogP contribution in [0.25, 0.3) is 10.7 Å². The predicted octanol–water partition coefficient (Wildman–Crippen LogP) is 2.25. The van der Waals surface area contributed by atoms with Crippen molar-refractivity contribution < 1.29 is 23.1 Å². The van der Waals surface area contributed by atoms with Crippen molar-refractivity contribution in [3.63, 3.8) is 0 Å². The first-order chi connectivity index (χ1) is 7.88. The molecule has 0 fully saturated rings. The minimum Gasteiger partial charge on any atom is -0.476 e. The summed E-state index contributed by atoms with van der Waals surface area (Å²) in [4.78, 5) is 14.2. The second kappa shape index (κ2) is 3.84. The number of aromatic amines is 1. The molecule has 2 rings (SSSR count). The summed E-state index contributed by atoms with van der Waals surface area (Å²) in [6, 6.07) is 0.782. The molecule has 2 heterocycles. The van der Waals surface area contributed by atoms with Gasteiger partial charge in [-0.15, -0.1) is 11.3 Å². The van der Waals surface area contributed by atoms with Gasteiger partial charge < -0.3 is 5.11 Å². The quantitative estimate of drug-likeness (QED) is 0.870. The molecule has 0 aliphatic rings. The van der Waals surface area contributed by atoms with E-state index in [1.54, 1.807) is 0 Å². The summed E-state index contributed by atoms with van der Waals surface area (Å²) in [7, 11) is 0. The summed E-state index contributed by atoms with van der Waals surface area (Å²) < 4.78 is 36.8. The Kier molecular flexibility index (Phi) is 2.62. The maximum absolute atomic E-state index is 12.3. The number of aromatic nitrogens is 3. The van der Waals surface area contributed by atoms with Crippen LogP contribution in [0, 0.1) is 0 Å². The van der Waals surface area contributed by atoms with Gasteiger partial charge in [-0.05, 0) is 6.07 Å². The Morgan fingerprint density at radius 2 is 2.18 bits per heavy atom. The molecule has 0 amide bonds. The summed E-state index contributed by atoms with van der Waals surface area (Å²) in [5.41, 5.74) is -1.25. The smallest absolute Gasteiger partial charge is 0.432 e. The van der Waals surface area contributed by atoms with Crippen molar-refractivity contribution >= 4 is 17.3 Å². The maximum Gasteiger partial charge on any atom is 0.432 e. The molecule has 0 unspecified atom stereocenters. The highest BCUT2D eigenvalue weighted by Crippen LogP contribution is 2.31. The Morgan fingerprint density at radius 1 is 1.47 bits per heavy atom. The Balaban J connectivity index is 2.34. The average molecular weight is 263 g/mol. The van der Waals surface area contributed by atoms with E-state index in [9.17, 15) is 18.0 Å². The number of thiazole rings is 1. The molecule has 17 heavy (non-hydrogen) atoms. The van der Waals surface area contributed by atoms with Gasteiger partial charge in [0.1, 0.15) is 16.4 Å². The van der Waals surface area contributed by atoms with Crippen molar-refractivity contribution in [2.75, 3.05) is 0 Å². The molecule has 0 aliphatic carbocycles. The second-order valence-electron chi connectivity index (χ2n) is 3.01. The maximum atomic E-state index is 12.3. The van der Waals surface area contributed by atoms with Crippen molar-refractivity contribution in [2.45, 2.75) is 6.18 Å². The van der Waals surface area contributed by atoms with E-state index in [0.29, 0.717) is 0 Å². The fraction of sp³-hybridized carbons (Fsp3) is 0.125. The minimum absolute atomic E-state index is 0.0326. The summed E-state index contributed by atoms with van der Waals surface area (Å²) in [6.07, 6.45) is -4.52. The monoisotopic (exact) mass is 263 g/mol. The highest BCUT2D eigenvalue weighted by molar-refractivity contribution is 7.13. The number of hydrogen-bond donors (Lipinski definition) is 2. The van der Waals surface area contributed by atoms with Gasteiger partial charge in [0.15, 0.2) is 5.69 Å². The number of nitrogens with zero attached hydrogens (tertiary/aromatic N) is 2. The van der Waals surface area contributed by atoms with Gasteiger partial charge in [-0.2, -0.15) is 18.3 Å². The minimum atomic E-state index is -4.52. The first-order valence-corrected chi connectivity index (χ1v) is 5.07. The first-order valence-electron chi connectivity index (χ1n) is 4.19. The third kappa shape index (κ3) is 2.28. The number of alkyl halides is 3. The SMILES string of the molecule is O=C(O)c1csc(-c2cc(C(F)(F)F)[nH]n2)n1. The number of rotatable bonds is 2. The zero-order valence-corrected chi connectivity index (χ0v) is 8.76. The molecule has 2 aromatic heterocycles. The molecule has 0 bridgehead atoms. The molecular weight excluding hydrogens is 259 g/mol. The van der Waals surface area contributed by atoms with Gasteiger partial charge in [0, 0.05) is 5.38 Å². The number of aromatic carboxylic acids is 1. The Bertz CT molecular complexity index is 560. The van der Waals surface area contributed by atoms with Crippen LogP contribution < -0.4 is 0 Å². The number of hydrogen-bond acceptors (Lipinski definition) is 4. The normalized spacial score (nSPS) is 11.7. The summed E-state index contributed by atoms with van der Waals surface area (Å²) in [5.74, 6) is -1.24. The highest BCUT2D eigenvalue weighted by atomic mass is 32.1. The molecule has 5 nitrogen and oxygen atoms in total. The van der Waals surface area contributed by atoms with Gasteiger partial charge >= 0.3 is 12.1 Å². The van der Waals surface area contributed by atoms with Crippen LogP contribution in [0.2, 0.25) is 0 Å². The number of carboxylic acids is 1. The lowest BCUT2D eigenvalue weighted by Crippen LogP contribution is -2.04. The van der Waals surface area contributed by atoms with Gasteiger partial charge in [-0.1, -0.05) is 0 Å². The van der Waals surface area contributed by atoms with Gasteiger partial charge in [-0.25, -0.2) is 9.78 Å². The summed E-state index contributed by atoms with van der Waals surface area (Å²) >= 11 is 0.913. The number of halogens is 3. The first kappa shape index (κ1) is 11.6. The van der Waals surface area contributed by atoms with E-state index < -0.39 is 17.8 Å². The third-order valence-electron chi connectivity index (χ3n) is 1.83. The molecule has 0 radical (unpaired) electrons. The van der Waals surface area contributed by atoms with E-state index in [0.717, 1.165) is 17.4 Å². The van der Waals surface area contributed by atoms with E-state index in [1.165, 1.54) is 5.38 Å². The van der Waals surface area contributed by atoms with Crippen molar-refractivity contribution in [3.8, 4) is 10.7 Å². The third-order valence-corrected chi connectivity index (χ3v) is 2.69. The van der Waals surface area contributed by atoms with E-state index >= 15 is 0 Å². The summed E-state index contributed by atoms with van der Waals surface area (Å²) in [6.45, 7) is 0. The van der Waals surface area contributed by atoms with Gasteiger partial charge in [-0.3, -0.25) is 5.10 Å². The molecule has 2 aromatic rings. The van der Waals surface area contributed by atoms with Gasteiger partial charge in [0.25, 0.3) is 0 Å². The van der Waals surface area contributed by atoms with E-state index in [4.69, 9.17) is 5.11 Å². The number of carbonyl (C=O) groups is 1. The fourth-order valence-corrected chi connectivity index (χ4v) is 1.82. The molecule has 0 spiro atoms. The van der Waals surface area contributed by atoms with Crippen LogP contribution in [0.15, 0.2) is 11.4 Å². The van der Waals surface area contributed by atoms with Crippen molar-refractivity contribution in [1.29, 1.82) is 0 Å². The van der Waals surface area contributed by atoms with E-state index in [-0.39, 0.29) is 16.4 Å². The molecule has 0 atom stereocenters. The Hall–Kier alpha value is -1.90. The lowest BCUT2D eigenvalue weighted by atomic mass is 10.3. The highest BCUT2D eigenvalue weighted by Gasteiger charge is 2.33. The Labute approximate surface area is 95.9 Å². The van der Waals surface area contributed by atoms with E-state index in [1.807, 2.05) is 5.10 Å². The lowest BCUT2D eigenvalue weighted by Gasteiger charge is -1.99. The standard InChI is InChI=1S/C8H4F3N3O2S/c9-8(10,11)5-1-3(13-14-5)6-12-4(2-17-6)7(15)16/h1-2H,(H,13,14)(H,15,16). The lowest BCUT2D eigenvalue weighted by molar-refractivity contribution is -0.141. The molecule has 9 heteroatoms. The van der Waals surface area contributed by atoms with Crippen LogP contribution in [0.4, 0.5) is 13.2 Å². The predicted molar refractivity (Wildman–Crippen MR) is 51.7 cm³/mol. The van der Waals surface area contributed by atoms with Gasteiger partial charge in [0.05, 0.1) is 0 Å². The van der Waals surface area contributed by atoms with Crippen LogP contribution in [-0.4, -0.2) is 26.3 Å². The van der Waals surface area contributed by atoms with Crippen LogP contribution in [0.1, 0.15) is 16.2 Å². The zero-order chi connectivity index (χ0) is 12.6. The molecule has 0 saturated heterocycles. The molecule has 0 aliphatic heterocycles. The van der Waals surface area contributed by atoms with Crippen LogP contribution in [0.3, 0.4) is 0 Å². The van der Waals surface area contributed by atoms with Crippen molar-refractivity contribution in [1.82, 2.24) is 15.2 Å².